The molecule has 0 aromatic heterocycles. The molecule has 7 heteroatoms. The van der Waals surface area contributed by atoms with E-state index in [4.69, 9.17) is 4.65 Å². The molecule has 0 fully saturated rings. The molecule has 0 atom stereocenters. The van der Waals surface area contributed by atoms with Crippen molar-refractivity contribution in [1.29, 1.82) is 0 Å². The highest BCUT2D eigenvalue weighted by Crippen LogP contribution is 2.22. The fourth-order valence-electron chi connectivity index (χ4n) is 1.83. The van der Waals surface area contributed by atoms with Crippen LogP contribution in [0.1, 0.15) is 22.8 Å². The van der Waals surface area contributed by atoms with Gasteiger partial charge in [0, 0.05) is 11.8 Å². The van der Waals surface area contributed by atoms with Gasteiger partial charge in [0.2, 0.25) is 0 Å². The van der Waals surface area contributed by atoms with Gasteiger partial charge >= 0.3 is 7.12 Å². The number of hydrogen-bond donors (Lipinski definition) is 1. The van der Waals surface area contributed by atoms with Gasteiger partial charge in [-0.2, -0.15) is 0 Å². The normalized spacial score (nSPS) is 14.9. The first kappa shape index (κ1) is 12.3. The number of hydrogen-bond acceptors (Lipinski definition) is 5. The number of carbonyl (C=O) groups excluding carboxylic acids is 1. The zero-order valence-corrected chi connectivity index (χ0v) is 10.2. The summed E-state index contributed by atoms with van der Waals surface area (Å²) in [6, 6.07) is 2.81. The largest absolute Gasteiger partial charge is 0.491 e. The van der Waals surface area contributed by atoms with Gasteiger partial charge in [-0.3, -0.25) is 4.79 Å². The van der Waals surface area contributed by atoms with E-state index in [-0.39, 0.29) is 22.8 Å². The van der Waals surface area contributed by atoms with E-state index in [1.165, 1.54) is 19.1 Å². The fraction of sp³-hybridized carbons (Fsp3) is 0.300. The fourth-order valence-corrected chi connectivity index (χ4v) is 2.79. The Balaban J connectivity index is 2.76. The molecule has 90 valence electrons. The number of Topliss-reactive ketones (excluding diaryl/α,β-unsaturated/α-hetero) is 1. The van der Waals surface area contributed by atoms with Crippen molar-refractivity contribution in [1.82, 2.24) is 0 Å². The van der Waals surface area contributed by atoms with Crippen LogP contribution >= 0.6 is 0 Å². The average Bonchev–Trinajstić information content (AvgIpc) is 2.58. The monoisotopic (exact) mass is 254 g/mol. The van der Waals surface area contributed by atoms with E-state index in [1.54, 1.807) is 0 Å². The molecule has 0 aliphatic carbocycles. The van der Waals surface area contributed by atoms with Crippen LogP contribution in [0.2, 0.25) is 0 Å². The first-order chi connectivity index (χ1) is 7.80. The molecule has 0 bridgehead atoms. The molecule has 17 heavy (non-hydrogen) atoms. The van der Waals surface area contributed by atoms with Gasteiger partial charge in [-0.1, -0.05) is 6.07 Å². The molecule has 5 nitrogen and oxygen atoms in total. The van der Waals surface area contributed by atoms with Crippen LogP contribution in [0.5, 0.6) is 0 Å². The van der Waals surface area contributed by atoms with Gasteiger partial charge in [0.25, 0.3) is 0 Å². The van der Waals surface area contributed by atoms with Gasteiger partial charge in [-0.05, 0) is 24.0 Å². The van der Waals surface area contributed by atoms with Crippen molar-refractivity contribution in [2.45, 2.75) is 18.4 Å². The molecular weight excluding hydrogens is 243 g/mol. The minimum absolute atomic E-state index is 0.0388. The number of rotatable bonds is 2. The smallest absolute Gasteiger partial charge is 0.423 e. The van der Waals surface area contributed by atoms with Crippen LogP contribution < -0.4 is 5.46 Å². The molecule has 1 aromatic rings. The highest BCUT2D eigenvalue weighted by Gasteiger charge is 2.32. The lowest BCUT2D eigenvalue weighted by molar-refractivity contribution is 0.101. The summed E-state index contributed by atoms with van der Waals surface area (Å²) in [4.78, 5) is 11.4. The maximum Gasteiger partial charge on any atom is 0.491 e. The Kier molecular flexibility index (Phi) is 2.85. The summed E-state index contributed by atoms with van der Waals surface area (Å²) in [5, 5.41) is 9.55. The molecule has 1 aliphatic heterocycles. The van der Waals surface area contributed by atoms with Crippen molar-refractivity contribution < 1.29 is 22.9 Å². The molecule has 0 saturated heterocycles. The topological polar surface area (TPSA) is 80.7 Å². The molecular formula is C10H11BO5S. The highest BCUT2D eigenvalue weighted by atomic mass is 32.2. The average molecular weight is 254 g/mol. The molecule has 0 unspecified atom stereocenters. The van der Waals surface area contributed by atoms with E-state index in [0.29, 0.717) is 11.0 Å². The van der Waals surface area contributed by atoms with Crippen LogP contribution in [-0.4, -0.2) is 32.6 Å². The zero-order chi connectivity index (χ0) is 12.8. The third-order valence-electron chi connectivity index (χ3n) is 2.70. The Hall–Kier alpha value is -1.18. The Labute approximate surface area is 99.5 Å². The second-order valence-corrected chi connectivity index (χ2v) is 6.02. The quantitative estimate of drug-likeness (QED) is 0.569. The van der Waals surface area contributed by atoms with E-state index < -0.39 is 17.0 Å². The van der Waals surface area contributed by atoms with Crippen molar-refractivity contribution in [3.63, 3.8) is 0 Å². The first-order valence-electron chi connectivity index (χ1n) is 4.98. The molecule has 1 aromatic carbocycles. The standard InChI is InChI=1S/C10H11BO5S/c1-6(12)7-3-9-8(5-16-11(9)13)10(4-7)17(2,14)15/h3-4,13H,5H2,1-2H3. The summed E-state index contributed by atoms with van der Waals surface area (Å²) in [5.74, 6) is -0.253. The summed E-state index contributed by atoms with van der Waals surface area (Å²) in [7, 11) is -4.61. The third kappa shape index (κ3) is 2.13. The molecule has 2 rings (SSSR count). The van der Waals surface area contributed by atoms with Crippen LogP contribution in [0.4, 0.5) is 0 Å². The van der Waals surface area contributed by atoms with Crippen LogP contribution in [0.3, 0.4) is 0 Å². The number of carbonyl (C=O) groups is 1. The third-order valence-corrected chi connectivity index (χ3v) is 3.86. The Morgan fingerprint density at radius 1 is 1.47 bits per heavy atom. The summed E-state index contributed by atoms with van der Waals surface area (Å²) < 4.78 is 28.2. The van der Waals surface area contributed by atoms with Crippen molar-refractivity contribution in [2.24, 2.45) is 0 Å². The lowest BCUT2D eigenvalue weighted by Gasteiger charge is -2.08. The van der Waals surface area contributed by atoms with Crippen LogP contribution in [0, 0.1) is 0 Å². The van der Waals surface area contributed by atoms with E-state index in [0.717, 1.165) is 6.26 Å². The van der Waals surface area contributed by atoms with Gasteiger partial charge in [-0.25, -0.2) is 8.42 Å². The van der Waals surface area contributed by atoms with E-state index in [9.17, 15) is 18.2 Å². The Morgan fingerprint density at radius 3 is 2.65 bits per heavy atom. The predicted molar refractivity (Wildman–Crippen MR) is 62.0 cm³/mol. The number of fused-ring (bicyclic) bond motifs is 1. The maximum atomic E-state index is 11.6. The van der Waals surface area contributed by atoms with Gasteiger partial charge < -0.3 is 9.68 Å². The zero-order valence-electron chi connectivity index (χ0n) is 9.43. The minimum atomic E-state index is -3.45. The van der Waals surface area contributed by atoms with Crippen molar-refractivity contribution >= 4 is 28.2 Å². The van der Waals surface area contributed by atoms with Crippen LogP contribution in [-0.2, 0) is 21.1 Å². The van der Waals surface area contributed by atoms with E-state index in [1.807, 2.05) is 0 Å². The lowest BCUT2D eigenvalue weighted by atomic mass is 9.78. The second kappa shape index (κ2) is 3.94. The van der Waals surface area contributed by atoms with Crippen LogP contribution in [0.15, 0.2) is 17.0 Å². The number of sulfone groups is 1. The summed E-state index contributed by atoms with van der Waals surface area (Å²) in [6.45, 7) is 1.38. The molecule has 1 aliphatic rings. The second-order valence-electron chi connectivity index (χ2n) is 4.03. The molecule has 0 spiro atoms. The van der Waals surface area contributed by atoms with Crippen molar-refractivity contribution in [3.8, 4) is 0 Å². The lowest BCUT2D eigenvalue weighted by Crippen LogP contribution is -2.29. The predicted octanol–water partition coefficient (Wildman–Crippen LogP) is -0.490. The van der Waals surface area contributed by atoms with Crippen molar-refractivity contribution in [3.05, 3.63) is 23.3 Å². The van der Waals surface area contributed by atoms with Crippen molar-refractivity contribution in [2.75, 3.05) is 6.26 Å². The molecule has 1 N–H and O–H groups in total. The van der Waals surface area contributed by atoms with Gasteiger partial charge in [-0.15, -0.1) is 0 Å². The van der Waals surface area contributed by atoms with Gasteiger partial charge in [0.05, 0.1) is 11.5 Å². The highest BCUT2D eigenvalue weighted by molar-refractivity contribution is 7.90. The minimum Gasteiger partial charge on any atom is -0.423 e. The molecule has 1 heterocycles. The van der Waals surface area contributed by atoms with Crippen LogP contribution in [0.25, 0.3) is 0 Å². The van der Waals surface area contributed by atoms with Gasteiger partial charge in [0.1, 0.15) is 0 Å². The maximum absolute atomic E-state index is 11.6. The van der Waals surface area contributed by atoms with E-state index >= 15 is 0 Å². The molecule has 0 saturated carbocycles. The first-order valence-corrected chi connectivity index (χ1v) is 6.87. The molecule has 0 radical (unpaired) electrons. The van der Waals surface area contributed by atoms with Gasteiger partial charge in [0.15, 0.2) is 15.6 Å². The Morgan fingerprint density at radius 2 is 2.12 bits per heavy atom. The Bertz CT molecular complexity index is 593. The summed E-state index contributed by atoms with van der Waals surface area (Å²) in [5.41, 5.74) is 1.05. The molecule has 0 amide bonds. The summed E-state index contributed by atoms with van der Waals surface area (Å²) in [6.07, 6.45) is 1.07. The summed E-state index contributed by atoms with van der Waals surface area (Å²) >= 11 is 0. The SMILES string of the molecule is CC(=O)c1cc2c(c(S(C)(=O)=O)c1)COB2O. The number of benzene rings is 1. The number of ketones is 1. The van der Waals surface area contributed by atoms with E-state index in [2.05, 4.69) is 0 Å².